The number of methoxy groups -OCH3 is 1. The van der Waals surface area contributed by atoms with E-state index in [4.69, 9.17) is 20.8 Å². The van der Waals surface area contributed by atoms with Crippen LogP contribution in [0.25, 0.3) is 11.0 Å². The van der Waals surface area contributed by atoms with Gasteiger partial charge in [0.25, 0.3) is 0 Å². The summed E-state index contributed by atoms with van der Waals surface area (Å²) in [6.07, 6.45) is 0.418. The maximum absolute atomic E-state index is 11.7. The first kappa shape index (κ1) is 13.4. The second kappa shape index (κ2) is 5.32. The summed E-state index contributed by atoms with van der Waals surface area (Å²) >= 11 is 5.67. The van der Waals surface area contributed by atoms with Gasteiger partial charge in [-0.25, -0.2) is 4.79 Å². The van der Waals surface area contributed by atoms with Crippen LogP contribution in [0.2, 0.25) is 5.02 Å². The molecule has 0 aliphatic heterocycles. The third-order valence-corrected chi connectivity index (χ3v) is 2.81. The number of carbonyl (C=O) groups excluding carboxylic acids is 1. The summed E-state index contributed by atoms with van der Waals surface area (Å²) in [6, 6.07) is 4.62. The summed E-state index contributed by atoms with van der Waals surface area (Å²) in [5.41, 5.74) is 0.0273. The van der Waals surface area contributed by atoms with E-state index < -0.39 is 12.1 Å². The molecule has 6 heteroatoms. The van der Waals surface area contributed by atoms with Crippen molar-refractivity contribution in [3.8, 4) is 5.75 Å². The third kappa shape index (κ3) is 2.71. The van der Waals surface area contributed by atoms with Crippen molar-refractivity contribution in [2.24, 2.45) is 0 Å². The molecular formula is C13H11ClO5. The molecule has 100 valence electrons. The SMILES string of the molecule is COC(=O)[C@@H](C)Oc1ccc2c(=O)c(Cl)coc2c1. The minimum absolute atomic E-state index is 0.0177. The molecule has 0 spiro atoms. The molecule has 0 aliphatic rings. The predicted octanol–water partition coefficient (Wildman–Crippen LogP) is 2.39. The first-order valence-corrected chi connectivity index (χ1v) is 5.86. The number of esters is 1. The largest absolute Gasteiger partial charge is 0.479 e. The van der Waals surface area contributed by atoms with Crippen LogP contribution in [-0.2, 0) is 9.53 Å². The molecule has 0 saturated heterocycles. The van der Waals surface area contributed by atoms with Crippen LogP contribution in [-0.4, -0.2) is 19.2 Å². The lowest BCUT2D eigenvalue weighted by atomic mass is 10.2. The van der Waals surface area contributed by atoms with E-state index in [-0.39, 0.29) is 10.5 Å². The summed E-state index contributed by atoms with van der Waals surface area (Å²) in [4.78, 5) is 22.9. The molecule has 1 aromatic heterocycles. The number of ether oxygens (including phenoxy) is 2. The predicted molar refractivity (Wildman–Crippen MR) is 69.6 cm³/mol. The van der Waals surface area contributed by atoms with Crippen molar-refractivity contribution >= 4 is 28.5 Å². The Morgan fingerprint density at radius 3 is 2.84 bits per heavy atom. The summed E-state index contributed by atoms with van der Waals surface area (Å²) in [7, 11) is 1.28. The molecule has 2 aromatic rings. The summed E-state index contributed by atoms with van der Waals surface area (Å²) < 4.78 is 15.1. The van der Waals surface area contributed by atoms with Crippen molar-refractivity contribution in [2.75, 3.05) is 7.11 Å². The van der Waals surface area contributed by atoms with Gasteiger partial charge in [0, 0.05) is 6.07 Å². The maximum atomic E-state index is 11.7. The zero-order valence-electron chi connectivity index (χ0n) is 10.3. The normalized spacial score (nSPS) is 12.2. The molecule has 0 N–H and O–H groups in total. The van der Waals surface area contributed by atoms with E-state index in [1.54, 1.807) is 13.0 Å². The van der Waals surface area contributed by atoms with Crippen LogP contribution in [0, 0.1) is 0 Å². The van der Waals surface area contributed by atoms with E-state index in [2.05, 4.69) is 4.74 Å². The molecule has 0 unspecified atom stereocenters. The molecule has 0 bridgehead atoms. The van der Waals surface area contributed by atoms with Gasteiger partial charge in [0.2, 0.25) is 5.43 Å². The monoisotopic (exact) mass is 282 g/mol. The Hall–Kier alpha value is -2.01. The third-order valence-electron chi connectivity index (χ3n) is 2.55. The van der Waals surface area contributed by atoms with E-state index >= 15 is 0 Å². The quantitative estimate of drug-likeness (QED) is 0.809. The van der Waals surface area contributed by atoms with Crippen molar-refractivity contribution in [1.82, 2.24) is 0 Å². The maximum Gasteiger partial charge on any atom is 0.346 e. The molecular weight excluding hydrogens is 272 g/mol. The van der Waals surface area contributed by atoms with Gasteiger partial charge in [-0.2, -0.15) is 0 Å². The Kier molecular flexibility index (Phi) is 3.76. The van der Waals surface area contributed by atoms with Crippen LogP contribution < -0.4 is 10.2 Å². The molecule has 2 rings (SSSR count). The molecule has 19 heavy (non-hydrogen) atoms. The summed E-state index contributed by atoms with van der Waals surface area (Å²) in [5.74, 6) is -0.0893. The standard InChI is InChI=1S/C13H11ClO5/c1-7(13(16)17-2)19-8-3-4-9-11(5-8)18-6-10(14)12(9)15/h3-7H,1-2H3/t7-/m1/s1. The fourth-order valence-corrected chi connectivity index (χ4v) is 1.72. The fourth-order valence-electron chi connectivity index (χ4n) is 1.58. The van der Waals surface area contributed by atoms with E-state index in [1.165, 1.54) is 25.5 Å². The van der Waals surface area contributed by atoms with Crippen LogP contribution in [0.1, 0.15) is 6.92 Å². The molecule has 0 amide bonds. The molecule has 0 aliphatic carbocycles. The van der Waals surface area contributed by atoms with Gasteiger partial charge in [0.15, 0.2) is 6.10 Å². The minimum Gasteiger partial charge on any atom is -0.479 e. The van der Waals surface area contributed by atoms with Gasteiger partial charge in [-0.05, 0) is 19.1 Å². The highest BCUT2D eigenvalue weighted by atomic mass is 35.5. The average molecular weight is 283 g/mol. The molecule has 0 saturated carbocycles. The number of hydrogen-bond donors (Lipinski definition) is 0. The van der Waals surface area contributed by atoms with E-state index in [1.807, 2.05) is 0 Å². The Morgan fingerprint density at radius 1 is 1.42 bits per heavy atom. The number of fused-ring (bicyclic) bond motifs is 1. The van der Waals surface area contributed by atoms with Crippen LogP contribution in [0.5, 0.6) is 5.75 Å². The molecule has 5 nitrogen and oxygen atoms in total. The lowest BCUT2D eigenvalue weighted by Crippen LogP contribution is -2.24. The van der Waals surface area contributed by atoms with Crippen molar-refractivity contribution in [3.63, 3.8) is 0 Å². The average Bonchev–Trinajstić information content (AvgIpc) is 2.42. The van der Waals surface area contributed by atoms with Gasteiger partial charge in [-0.15, -0.1) is 0 Å². The number of hydrogen-bond acceptors (Lipinski definition) is 5. The zero-order valence-corrected chi connectivity index (χ0v) is 11.1. The van der Waals surface area contributed by atoms with Crippen molar-refractivity contribution < 1.29 is 18.7 Å². The lowest BCUT2D eigenvalue weighted by molar-refractivity contribution is -0.147. The molecule has 1 atom stereocenters. The van der Waals surface area contributed by atoms with Gasteiger partial charge in [0.1, 0.15) is 22.6 Å². The van der Waals surface area contributed by atoms with Gasteiger partial charge < -0.3 is 13.9 Å². The van der Waals surface area contributed by atoms with Crippen LogP contribution in [0.4, 0.5) is 0 Å². The van der Waals surface area contributed by atoms with E-state index in [0.717, 1.165) is 0 Å². The van der Waals surface area contributed by atoms with Gasteiger partial charge in [-0.1, -0.05) is 11.6 Å². The number of halogens is 1. The molecule has 1 aromatic carbocycles. The molecule has 0 fully saturated rings. The minimum atomic E-state index is -0.749. The lowest BCUT2D eigenvalue weighted by Gasteiger charge is -2.12. The molecule has 1 heterocycles. The van der Waals surface area contributed by atoms with Gasteiger partial charge in [-0.3, -0.25) is 4.79 Å². The number of benzene rings is 1. The van der Waals surface area contributed by atoms with Crippen molar-refractivity contribution in [3.05, 3.63) is 39.7 Å². The Balaban J connectivity index is 2.35. The summed E-state index contributed by atoms with van der Waals surface area (Å²) in [5, 5.41) is 0.370. The van der Waals surface area contributed by atoms with E-state index in [0.29, 0.717) is 16.7 Å². The van der Waals surface area contributed by atoms with Crippen molar-refractivity contribution in [2.45, 2.75) is 13.0 Å². The van der Waals surface area contributed by atoms with Crippen LogP contribution >= 0.6 is 11.6 Å². The Bertz CT molecular complexity index is 676. The topological polar surface area (TPSA) is 65.7 Å². The van der Waals surface area contributed by atoms with Crippen molar-refractivity contribution in [1.29, 1.82) is 0 Å². The van der Waals surface area contributed by atoms with Crippen LogP contribution in [0.3, 0.4) is 0 Å². The van der Waals surface area contributed by atoms with Crippen LogP contribution in [0.15, 0.2) is 33.7 Å². The second-order valence-corrected chi connectivity index (χ2v) is 4.26. The first-order valence-electron chi connectivity index (χ1n) is 5.48. The molecule has 0 radical (unpaired) electrons. The smallest absolute Gasteiger partial charge is 0.346 e. The Labute approximate surface area is 113 Å². The number of rotatable bonds is 3. The summed E-state index contributed by atoms with van der Waals surface area (Å²) in [6.45, 7) is 1.56. The first-order chi connectivity index (χ1) is 9.02. The zero-order chi connectivity index (χ0) is 14.0. The second-order valence-electron chi connectivity index (χ2n) is 3.85. The van der Waals surface area contributed by atoms with Gasteiger partial charge >= 0.3 is 5.97 Å². The highest BCUT2D eigenvalue weighted by molar-refractivity contribution is 6.30. The Morgan fingerprint density at radius 2 is 2.16 bits per heavy atom. The highest BCUT2D eigenvalue weighted by Crippen LogP contribution is 2.21. The fraction of sp³-hybridized carbons (Fsp3) is 0.231. The van der Waals surface area contributed by atoms with E-state index in [9.17, 15) is 9.59 Å². The van der Waals surface area contributed by atoms with Gasteiger partial charge in [0.05, 0.1) is 12.5 Å². The highest BCUT2D eigenvalue weighted by Gasteiger charge is 2.15. The number of carbonyl (C=O) groups is 1.